The molecule has 0 aromatic carbocycles. The van der Waals surface area contributed by atoms with Gasteiger partial charge in [-0.1, -0.05) is 0 Å². The summed E-state index contributed by atoms with van der Waals surface area (Å²) in [6, 6.07) is 2.86. The second-order valence-electron chi connectivity index (χ2n) is 3.07. The van der Waals surface area contributed by atoms with Gasteiger partial charge >= 0.3 is 5.97 Å². The predicted octanol–water partition coefficient (Wildman–Crippen LogP) is 0.583. The van der Waals surface area contributed by atoms with E-state index >= 15 is 0 Å². The van der Waals surface area contributed by atoms with Gasteiger partial charge in [0.1, 0.15) is 5.56 Å². The highest BCUT2D eigenvalue weighted by Crippen LogP contribution is 1.93. The molecule has 5 heteroatoms. The van der Waals surface area contributed by atoms with Gasteiger partial charge in [-0.15, -0.1) is 0 Å². The van der Waals surface area contributed by atoms with Crippen LogP contribution in [0.5, 0.6) is 0 Å². The number of carboxylic acids is 1. The Kier molecular flexibility index (Phi) is 4.05. The highest BCUT2D eigenvalue weighted by atomic mass is 16.5. The van der Waals surface area contributed by atoms with Crippen molar-refractivity contribution in [2.75, 3.05) is 13.7 Å². The third-order valence-electron chi connectivity index (χ3n) is 2.00. The topological polar surface area (TPSA) is 68.5 Å². The van der Waals surface area contributed by atoms with Crippen molar-refractivity contribution >= 4 is 5.97 Å². The molecule has 0 aliphatic rings. The maximum atomic E-state index is 11.5. The van der Waals surface area contributed by atoms with E-state index in [0.29, 0.717) is 19.6 Å². The van der Waals surface area contributed by atoms with Gasteiger partial charge < -0.3 is 14.4 Å². The van der Waals surface area contributed by atoms with Gasteiger partial charge in [0.25, 0.3) is 5.56 Å². The number of hydrogen-bond acceptors (Lipinski definition) is 3. The molecule has 0 spiro atoms. The summed E-state index contributed by atoms with van der Waals surface area (Å²) in [4.78, 5) is 22.2. The number of pyridine rings is 1. The normalized spacial score (nSPS) is 10.2. The third kappa shape index (κ3) is 2.92. The van der Waals surface area contributed by atoms with E-state index in [1.165, 1.54) is 10.6 Å². The summed E-state index contributed by atoms with van der Waals surface area (Å²) in [6.07, 6.45) is 2.25. The first-order chi connectivity index (χ1) is 7.16. The zero-order chi connectivity index (χ0) is 11.3. The molecular formula is C10H13NO4. The number of carbonyl (C=O) groups is 1. The molecule has 1 aromatic rings. The largest absolute Gasteiger partial charge is 0.477 e. The van der Waals surface area contributed by atoms with Crippen LogP contribution in [0.2, 0.25) is 0 Å². The number of aryl methyl sites for hydroxylation is 1. The number of aromatic nitrogens is 1. The molecule has 0 unspecified atom stereocenters. The molecule has 1 N–H and O–H groups in total. The van der Waals surface area contributed by atoms with Gasteiger partial charge in [-0.3, -0.25) is 4.79 Å². The molecule has 0 amide bonds. The number of carboxylic acid groups (broad SMARTS) is 1. The van der Waals surface area contributed by atoms with Crippen LogP contribution in [0.3, 0.4) is 0 Å². The maximum absolute atomic E-state index is 11.5. The molecule has 82 valence electrons. The highest BCUT2D eigenvalue weighted by Gasteiger charge is 2.09. The van der Waals surface area contributed by atoms with E-state index in [9.17, 15) is 9.59 Å². The molecule has 0 saturated carbocycles. The van der Waals surface area contributed by atoms with Crippen molar-refractivity contribution < 1.29 is 14.6 Å². The van der Waals surface area contributed by atoms with Crippen LogP contribution in [0.15, 0.2) is 23.1 Å². The Balaban J connectivity index is 2.85. The molecule has 1 heterocycles. The van der Waals surface area contributed by atoms with Crippen molar-refractivity contribution in [1.82, 2.24) is 4.57 Å². The number of ether oxygens (including phenoxy) is 1. The fraction of sp³-hybridized carbons (Fsp3) is 0.400. The molecular weight excluding hydrogens is 198 g/mol. The molecule has 0 aliphatic carbocycles. The first kappa shape index (κ1) is 11.5. The molecule has 15 heavy (non-hydrogen) atoms. The minimum absolute atomic E-state index is 0.199. The third-order valence-corrected chi connectivity index (χ3v) is 2.00. The summed E-state index contributed by atoms with van der Waals surface area (Å²) in [5.74, 6) is -1.19. The summed E-state index contributed by atoms with van der Waals surface area (Å²) in [5, 5.41) is 8.72. The van der Waals surface area contributed by atoms with Crippen molar-refractivity contribution in [3.05, 3.63) is 34.2 Å². The fourth-order valence-corrected chi connectivity index (χ4v) is 1.25. The van der Waals surface area contributed by atoms with Crippen LogP contribution in [0.4, 0.5) is 0 Å². The molecule has 1 rings (SSSR count). The lowest BCUT2D eigenvalue weighted by molar-refractivity contribution is 0.0694. The number of hydrogen-bond donors (Lipinski definition) is 1. The van der Waals surface area contributed by atoms with Gasteiger partial charge in [0.2, 0.25) is 0 Å². The average molecular weight is 211 g/mol. The molecule has 0 bridgehead atoms. The molecule has 0 fully saturated rings. The first-order valence-electron chi connectivity index (χ1n) is 4.58. The Bertz CT molecular complexity index is 397. The Morgan fingerprint density at radius 1 is 1.60 bits per heavy atom. The average Bonchev–Trinajstić information content (AvgIpc) is 2.20. The molecule has 0 atom stereocenters. The van der Waals surface area contributed by atoms with E-state index in [1.807, 2.05) is 0 Å². The maximum Gasteiger partial charge on any atom is 0.341 e. The first-order valence-corrected chi connectivity index (χ1v) is 4.58. The smallest absolute Gasteiger partial charge is 0.341 e. The quantitative estimate of drug-likeness (QED) is 0.723. The van der Waals surface area contributed by atoms with Crippen molar-refractivity contribution in [1.29, 1.82) is 0 Å². The van der Waals surface area contributed by atoms with Crippen molar-refractivity contribution in [3.8, 4) is 0 Å². The summed E-state index contributed by atoms with van der Waals surface area (Å²) in [5.41, 5.74) is -0.670. The minimum Gasteiger partial charge on any atom is -0.477 e. The second-order valence-corrected chi connectivity index (χ2v) is 3.07. The lowest BCUT2D eigenvalue weighted by atomic mass is 10.3. The molecule has 0 saturated heterocycles. The van der Waals surface area contributed by atoms with Gasteiger partial charge in [-0.25, -0.2) is 4.79 Å². The zero-order valence-electron chi connectivity index (χ0n) is 8.47. The van der Waals surface area contributed by atoms with Crippen LogP contribution in [0.1, 0.15) is 16.8 Å². The summed E-state index contributed by atoms with van der Waals surface area (Å²) in [7, 11) is 1.58. The molecule has 5 nitrogen and oxygen atoms in total. The number of aromatic carboxylic acids is 1. The van der Waals surface area contributed by atoms with Gasteiger partial charge in [0, 0.05) is 26.5 Å². The van der Waals surface area contributed by atoms with Crippen molar-refractivity contribution in [2.24, 2.45) is 0 Å². The van der Waals surface area contributed by atoms with Gasteiger partial charge in [0.05, 0.1) is 0 Å². The predicted molar refractivity (Wildman–Crippen MR) is 54.2 cm³/mol. The van der Waals surface area contributed by atoms with E-state index < -0.39 is 11.5 Å². The van der Waals surface area contributed by atoms with E-state index in [4.69, 9.17) is 9.84 Å². The molecule has 0 radical (unpaired) electrons. The number of methoxy groups -OCH3 is 1. The van der Waals surface area contributed by atoms with Crippen LogP contribution >= 0.6 is 0 Å². The monoisotopic (exact) mass is 211 g/mol. The Morgan fingerprint density at radius 2 is 2.33 bits per heavy atom. The Labute approximate surface area is 86.9 Å². The number of nitrogens with zero attached hydrogens (tertiary/aromatic N) is 1. The second kappa shape index (κ2) is 5.31. The Morgan fingerprint density at radius 3 is 2.93 bits per heavy atom. The van der Waals surface area contributed by atoms with Crippen LogP contribution in [-0.4, -0.2) is 29.4 Å². The summed E-state index contributed by atoms with van der Waals surface area (Å²) >= 11 is 0. The molecule has 1 aromatic heterocycles. The van der Waals surface area contributed by atoms with Gasteiger partial charge in [0.15, 0.2) is 0 Å². The van der Waals surface area contributed by atoms with Gasteiger partial charge in [-0.2, -0.15) is 0 Å². The fourth-order valence-electron chi connectivity index (χ4n) is 1.25. The number of rotatable bonds is 5. The van der Waals surface area contributed by atoms with Crippen LogP contribution in [0.25, 0.3) is 0 Å². The van der Waals surface area contributed by atoms with Crippen molar-refractivity contribution in [2.45, 2.75) is 13.0 Å². The Hall–Kier alpha value is -1.62. The van der Waals surface area contributed by atoms with E-state index in [2.05, 4.69) is 0 Å². The minimum atomic E-state index is -1.19. The van der Waals surface area contributed by atoms with Gasteiger partial charge in [-0.05, 0) is 18.6 Å². The zero-order valence-corrected chi connectivity index (χ0v) is 8.47. The summed E-state index contributed by atoms with van der Waals surface area (Å²) in [6.45, 7) is 1.01. The molecule has 0 aliphatic heterocycles. The SMILES string of the molecule is COCCCn1cccc(C(=O)O)c1=O. The van der Waals surface area contributed by atoms with E-state index in [-0.39, 0.29) is 5.56 Å². The van der Waals surface area contributed by atoms with E-state index in [0.717, 1.165) is 0 Å². The van der Waals surface area contributed by atoms with Crippen LogP contribution in [-0.2, 0) is 11.3 Å². The lowest BCUT2D eigenvalue weighted by Gasteiger charge is -2.05. The summed E-state index contributed by atoms with van der Waals surface area (Å²) < 4.78 is 6.23. The standard InChI is InChI=1S/C10H13NO4/c1-15-7-3-6-11-5-2-4-8(9(11)12)10(13)14/h2,4-5H,3,6-7H2,1H3,(H,13,14). The van der Waals surface area contributed by atoms with Crippen LogP contribution < -0.4 is 5.56 Å². The van der Waals surface area contributed by atoms with Crippen molar-refractivity contribution in [3.63, 3.8) is 0 Å². The highest BCUT2D eigenvalue weighted by molar-refractivity contribution is 5.86. The van der Waals surface area contributed by atoms with E-state index in [1.54, 1.807) is 19.4 Å². The lowest BCUT2D eigenvalue weighted by Crippen LogP contribution is -2.25. The van der Waals surface area contributed by atoms with Crippen LogP contribution in [0, 0.1) is 0 Å².